The van der Waals surface area contributed by atoms with Crippen LogP contribution in [0, 0.1) is 0 Å². The Bertz CT molecular complexity index is 254. The SMILES string of the molecule is CCC(CC)N(CC(F)(F)F)C(=O)C(C)(C)N. The first-order valence-corrected chi connectivity index (χ1v) is 5.69. The smallest absolute Gasteiger partial charge is 0.329 e. The molecule has 0 bridgehead atoms. The zero-order valence-corrected chi connectivity index (χ0v) is 10.8. The first-order valence-electron chi connectivity index (χ1n) is 5.69. The van der Waals surface area contributed by atoms with Gasteiger partial charge in [0.1, 0.15) is 6.54 Å². The maximum Gasteiger partial charge on any atom is 0.406 e. The highest BCUT2D eigenvalue weighted by Crippen LogP contribution is 2.22. The minimum absolute atomic E-state index is 0.424. The predicted molar refractivity (Wildman–Crippen MR) is 60.4 cm³/mol. The monoisotopic (exact) mass is 254 g/mol. The van der Waals surface area contributed by atoms with Crippen LogP contribution >= 0.6 is 0 Å². The quantitative estimate of drug-likeness (QED) is 0.818. The van der Waals surface area contributed by atoms with Crippen LogP contribution in [-0.4, -0.2) is 35.1 Å². The molecule has 0 heterocycles. The molecule has 0 radical (unpaired) electrons. The Kier molecular flexibility index (Phi) is 5.45. The topological polar surface area (TPSA) is 46.3 Å². The summed E-state index contributed by atoms with van der Waals surface area (Å²) < 4.78 is 37.4. The van der Waals surface area contributed by atoms with Crippen LogP contribution < -0.4 is 5.73 Å². The number of amides is 1. The van der Waals surface area contributed by atoms with E-state index < -0.39 is 30.2 Å². The molecule has 0 unspecified atom stereocenters. The summed E-state index contributed by atoms with van der Waals surface area (Å²) in [6.45, 7) is 5.11. The van der Waals surface area contributed by atoms with Gasteiger partial charge in [0.2, 0.25) is 5.91 Å². The van der Waals surface area contributed by atoms with Crippen LogP contribution in [0.5, 0.6) is 0 Å². The van der Waals surface area contributed by atoms with E-state index in [4.69, 9.17) is 5.73 Å². The van der Waals surface area contributed by atoms with Crippen LogP contribution in [0.15, 0.2) is 0 Å². The average molecular weight is 254 g/mol. The van der Waals surface area contributed by atoms with Crippen molar-refractivity contribution in [1.82, 2.24) is 4.90 Å². The second-order valence-corrected chi connectivity index (χ2v) is 4.74. The van der Waals surface area contributed by atoms with Gasteiger partial charge >= 0.3 is 6.18 Å². The maximum atomic E-state index is 12.5. The van der Waals surface area contributed by atoms with Gasteiger partial charge in [-0.2, -0.15) is 13.2 Å². The molecular formula is C11H21F3N2O. The summed E-state index contributed by atoms with van der Waals surface area (Å²) in [6, 6.07) is -0.424. The third-order valence-corrected chi connectivity index (χ3v) is 2.54. The lowest BCUT2D eigenvalue weighted by Gasteiger charge is -2.35. The standard InChI is InChI=1S/C11H21F3N2O/c1-5-8(6-2)16(7-11(12,13)14)9(17)10(3,4)15/h8H,5-7,15H2,1-4H3. The summed E-state index contributed by atoms with van der Waals surface area (Å²) in [5.41, 5.74) is 4.30. The van der Waals surface area contributed by atoms with E-state index in [1.807, 2.05) is 0 Å². The minimum atomic E-state index is -4.40. The highest BCUT2D eigenvalue weighted by Gasteiger charge is 2.39. The van der Waals surface area contributed by atoms with Crippen LogP contribution in [0.2, 0.25) is 0 Å². The van der Waals surface area contributed by atoms with Gasteiger partial charge in [0.25, 0.3) is 0 Å². The molecule has 3 nitrogen and oxygen atoms in total. The van der Waals surface area contributed by atoms with Crippen molar-refractivity contribution >= 4 is 5.91 Å². The number of alkyl halides is 3. The zero-order chi connectivity index (χ0) is 13.9. The highest BCUT2D eigenvalue weighted by molar-refractivity contribution is 5.85. The van der Waals surface area contributed by atoms with E-state index >= 15 is 0 Å². The van der Waals surface area contributed by atoms with Crippen LogP contribution in [0.3, 0.4) is 0 Å². The van der Waals surface area contributed by atoms with E-state index in [9.17, 15) is 18.0 Å². The van der Waals surface area contributed by atoms with Crippen molar-refractivity contribution in [3.8, 4) is 0 Å². The number of nitrogens with zero attached hydrogens (tertiary/aromatic N) is 1. The van der Waals surface area contributed by atoms with Crippen molar-refractivity contribution in [1.29, 1.82) is 0 Å². The average Bonchev–Trinajstić information content (AvgIpc) is 2.13. The number of nitrogens with two attached hydrogens (primary N) is 1. The molecule has 0 saturated carbocycles. The fourth-order valence-electron chi connectivity index (χ4n) is 1.66. The van der Waals surface area contributed by atoms with Gasteiger partial charge < -0.3 is 10.6 Å². The molecule has 0 aromatic carbocycles. The third kappa shape index (κ3) is 5.39. The van der Waals surface area contributed by atoms with Crippen LogP contribution in [0.25, 0.3) is 0 Å². The lowest BCUT2D eigenvalue weighted by molar-refractivity contribution is -0.168. The predicted octanol–water partition coefficient (Wildman–Crippen LogP) is 2.30. The first-order chi connectivity index (χ1) is 7.53. The Balaban J connectivity index is 5.04. The summed E-state index contributed by atoms with van der Waals surface area (Å²) in [4.78, 5) is 12.7. The maximum absolute atomic E-state index is 12.5. The Morgan fingerprint density at radius 1 is 1.24 bits per heavy atom. The molecule has 2 N–H and O–H groups in total. The Hall–Kier alpha value is -0.780. The molecule has 0 aliphatic rings. The molecule has 17 heavy (non-hydrogen) atoms. The molecule has 0 aromatic heterocycles. The fourth-order valence-corrected chi connectivity index (χ4v) is 1.66. The van der Waals surface area contributed by atoms with E-state index in [1.165, 1.54) is 13.8 Å². The Labute approximate surface area is 100 Å². The van der Waals surface area contributed by atoms with Crippen LogP contribution in [0.4, 0.5) is 13.2 Å². The van der Waals surface area contributed by atoms with Crippen molar-refractivity contribution in [2.45, 2.75) is 58.3 Å². The molecule has 0 spiro atoms. The third-order valence-electron chi connectivity index (χ3n) is 2.54. The van der Waals surface area contributed by atoms with Crippen LogP contribution in [-0.2, 0) is 4.79 Å². The number of carbonyl (C=O) groups is 1. The first kappa shape index (κ1) is 16.2. The van der Waals surface area contributed by atoms with Crippen molar-refractivity contribution in [2.75, 3.05) is 6.54 Å². The number of rotatable bonds is 5. The normalized spacial score (nSPS) is 13.0. The highest BCUT2D eigenvalue weighted by atomic mass is 19.4. The summed E-state index contributed by atoms with van der Waals surface area (Å²) in [6.07, 6.45) is -3.44. The van der Waals surface area contributed by atoms with Crippen molar-refractivity contribution in [3.05, 3.63) is 0 Å². The van der Waals surface area contributed by atoms with E-state index in [0.717, 1.165) is 4.90 Å². The van der Waals surface area contributed by atoms with E-state index in [0.29, 0.717) is 12.8 Å². The van der Waals surface area contributed by atoms with Gasteiger partial charge in [-0.3, -0.25) is 4.79 Å². The second-order valence-electron chi connectivity index (χ2n) is 4.74. The van der Waals surface area contributed by atoms with E-state index in [2.05, 4.69) is 0 Å². The fraction of sp³-hybridized carbons (Fsp3) is 0.909. The molecule has 102 valence electrons. The molecule has 1 amide bonds. The zero-order valence-electron chi connectivity index (χ0n) is 10.8. The van der Waals surface area contributed by atoms with Crippen molar-refractivity contribution < 1.29 is 18.0 Å². The number of hydrogen-bond acceptors (Lipinski definition) is 2. The van der Waals surface area contributed by atoms with Crippen LogP contribution in [0.1, 0.15) is 40.5 Å². The molecular weight excluding hydrogens is 233 g/mol. The van der Waals surface area contributed by atoms with E-state index in [-0.39, 0.29) is 0 Å². The largest absolute Gasteiger partial charge is 0.406 e. The Morgan fingerprint density at radius 2 is 1.65 bits per heavy atom. The van der Waals surface area contributed by atoms with Crippen molar-refractivity contribution in [2.24, 2.45) is 5.73 Å². The molecule has 0 rings (SSSR count). The lowest BCUT2D eigenvalue weighted by Crippen LogP contribution is -2.56. The van der Waals surface area contributed by atoms with Gasteiger partial charge in [-0.1, -0.05) is 13.8 Å². The lowest BCUT2D eigenvalue weighted by atomic mass is 10.0. The van der Waals surface area contributed by atoms with E-state index in [1.54, 1.807) is 13.8 Å². The molecule has 0 aromatic rings. The summed E-state index contributed by atoms with van der Waals surface area (Å²) in [5.74, 6) is -0.663. The van der Waals surface area contributed by atoms with Gasteiger partial charge in [0.05, 0.1) is 5.54 Å². The number of carbonyl (C=O) groups excluding carboxylic acids is 1. The molecule has 0 atom stereocenters. The number of halogens is 3. The second kappa shape index (κ2) is 5.71. The number of hydrogen-bond donors (Lipinski definition) is 1. The van der Waals surface area contributed by atoms with Gasteiger partial charge in [0.15, 0.2) is 0 Å². The minimum Gasteiger partial charge on any atom is -0.329 e. The summed E-state index contributed by atoms with van der Waals surface area (Å²) in [7, 11) is 0. The Morgan fingerprint density at radius 3 is 1.88 bits per heavy atom. The molecule has 0 aliphatic carbocycles. The molecule has 0 aliphatic heterocycles. The van der Waals surface area contributed by atoms with Gasteiger partial charge in [-0.15, -0.1) is 0 Å². The van der Waals surface area contributed by atoms with Crippen molar-refractivity contribution in [3.63, 3.8) is 0 Å². The summed E-state index contributed by atoms with van der Waals surface area (Å²) >= 11 is 0. The van der Waals surface area contributed by atoms with Gasteiger partial charge in [-0.25, -0.2) is 0 Å². The summed E-state index contributed by atoms with van der Waals surface area (Å²) in [5, 5.41) is 0. The van der Waals surface area contributed by atoms with Gasteiger partial charge in [-0.05, 0) is 26.7 Å². The van der Waals surface area contributed by atoms with Gasteiger partial charge in [0, 0.05) is 6.04 Å². The molecule has 6 heteroatoms. The molecule has 0 saturated heterocycles. The molecule has 0 fully saturated rings.